The van der Waals surface area contributed by atoms with Crippen LogP contribution in [0.4, 0.5) is 10.5 Å². The molecule has 0 saturated heterocycles. The van der Waals surface area contributed by atoms with E-state index in [4.69, 9.17) is 5.11 Å². The van der Waals surface area contributed by atoms with Gasteiger partial charge in [-0.2, -0.15) is 0 Å². The lowest BCUT2D eigenvalue weighted by atomic mass is 10.0. The molecule has 5 heteroatoms. The molecule has 0 heterocycles. The molecule has 1 aliphatic carbocycles. The van der Waals surface area contributed by atoms with Gasteiger partial charge in [0.1, 0.15) is 0 Å². The van der Waals surface area contributed by atoms with Crippen LogP contribution in [0.2, 0.25) is 0 Å². The maximum absolute atomic E-state index is 12.3. The minimum absolute atomic E-state index is 0.0179. The number of carbonyl (C=O) groups excluding carboxylic acids is 1. The number of benzene rings is 1. The molecule has 2 amide bonds. The Labute approximate surface area is 125 Å². The van der Waals surface area contributed by atoms with Crippen LogP contribution in [0.5, 0.6) is 0 Å². The normalized spacial score (nSPS) is 14.0. The van der Waals surface area contributed by atoms with Crippen LogP contribution in [-0.4, -0.2) is 34.6 Å². The summed E-state index contributed by atoms with van der Waals surface area (Å²) in [7, 11) is 0. The molecular weight excluding hydrogens is 268 g/mol. The zero-order valence-electron chi connectivity index (χ0n) is 12.5. The number of amides is 2. The van der Waals surface area contributed by atoms with Crippen LogP contribution in [-0.2, 0) is 4.79 Å². The molecule has 5 nitrogen and oxygen atoms in total. The molecule has 0 spiro atoms. The first kappa shape index (κ1) is 15.4. The van der Waals surface area contributed by atoms with Crippen molar-refractivity contribution in [2.45, 2.75) is 45.1 Å². The molecular formula is C16H22N2O3. The van der Waals surface area contributed by atoms with Crippen LogP contribution in [0.25, 0.3) is 0 Å². The molecule has 1 saturated carbocycles. The van der Waals surface area contributed by atoms with Crippen molar-refractivity contribution in [2.24, 2.45) is 0 Å². The summed E-state index contributed by atoms with van der Waals surface area (Å²) in [5.41, 5.74) is 1.92. The highest BCUT2D eigenvalue weighted by Crippen LogP contribution is 2.28. The number of hydrogen-bond donors (Lipinski definition) is 2. The van der Waals surface area contributed by atoms with Gasteiger partial charge in [-0.25, -0.2) is 4.79 Å². The SMILES string of the molecule is CC(C)c1cccc(NC(=O)N(CCC(=O)O)C2CC2)c1. The molecule has 2 rings (SSSR count). The minimum Gasteiger partial charge on any atom is -0.481 e. The fourth-order valence-electron chi connectivity index (χ4n) is 2.22. The van der Waals surface area contributed by atoms with E-state index in [9.17, 15) is 9.59 Å². The molecule has 21 heavy (non-hydrogen) atoms. The van der Waals surface area contributed by atoms with Crippen LogP contribution in [0.1, 0.15) is 44.6 Å². The molecule has 0 unspecified atom stereocenters. The van der Waals surface area contributed by atoms with E-state index in [0.717, 1.165) is 24.1 Å². The lowest BCUT2D eigenvalue weighted by molar-refractivity contribution is -0.137. The fraction of sp³-hybridized carbons (Fsp3) is 0.500. The monoisotopic (exact) mass is 290 g/mol. The lowest BCUT2D eigenvalue weighted by Crippen LogP contribution is -2.38. The van der Waals surface area contributed by atoms with Crippen LogP contribution in [0, 0.1) is 0 Å². The molecule has 1 fully saturated rings. The second kappa shape index (κ2) is 6.61. The van der Waals surface area contributed by atoms with Crippen molar-refractivity contribution < 1.29 is 14.7 Å². The maximum atomic E-state index is 12.3. The molecule has 0 bridgehead atoms. The standard InChI is InChI=1S/C16H22N2O3/c1-11(2)12-4-3-5-13(10-12)17-16(21)18(14-6-7-14)9-8-15(19)20/h3-5,10-11,14H,6-9H2,1-2H3,(H,17,21)(H,19,20). The first-order chi connectivity index (χ1) is 9.97. The van der Waals surface area contributed by atoms with Gasteiger partial charge in [0.05, 0.1) is 6.42 Å². The summed E-state index contributed by atoms with van der Waals surface area (Å²) in [6.07, 6.45) is 1.90. The maximum Gasteiger partial charge on any atom is 0.322 e. The Morgan fingerprint density at radius 3 is 2.67 bits per heavy atom. The predicted octanol–water partition coefficient (Wildman–Crippen LogP) is 3.28. The van der Waals surface area contributed by atoms with E-state index in [0.29, 0.717) is 5.92 Å². The van der Waals surface area contributed by atoms with Crippen LogP contribution in [0.15, 0.2) is 24.3 Å². The second-order valence-electron chi connectivity index (χ2n) is 5.78. The van der Waals surface area contributed by atoms with Crippen molar-refractivity contribution in [2.75, 3.05) is 11.9 Å². The highest BCUT2D eigenvalue weighted by molar-refractivity contribution is 5.90. The van der Waals surface area contributed by atoms with Gasteiger partial charge < -0.3 is 15.3 Å². The summed E-state index contributed by atoms with van der Waals surface area (Å²) in [4.78, 5) is 24.6. The summed E-state index contributed by atoms with van der Waals surface area (Å²) >= 11 is 0. The first-order valence-electron chi connectivity index (χ1n) is 7.36. The number of nitrogens with zero attached hydrogens (tertiary/aromatic N) is 1. The number of hydrogen-bond acceptors (Lipinski definition) is 2. The van der Waals surface area contributed by atoms with E-state index >= 15 is 0 Å². The van der Waals surface area contributed by atoms with Gasteiger partial charge in [-0.1, -0.05) is 26.0 Å². The smallest absolute Gasteiger partial charge is 0.322 e. The molecule has 1 aliphatic rings. The quantitative estimate of drug-likeness (QED) is 0.844. The number of carboxylic acid groups (broad SMARTS) is 1. The number of carbonyl (C=O) groups is 2. The summed E-state index contributed by atoms with van der Waals surface area (Å²) < 4.78 is 0. The highest BCUT2D eigenvalue weighted by Gasteiger charge is 2.32. The first-order valence-corrected chi connectivity index (χ1v) is 7.36. The van der Waals surface area contributed by atoms with E-state index < -0.39 is 5.97 Å². The molecule has 0 aliphatic heterocycles. The van der Waals surface area contributed by atoms with E-state index in [1.54, 1.807) is 4.90 Å². The van der Waals surface area contributed by atoms with Crippen LogP contribution < -0.4 is 5.32 Å². The van der Waals surface area contributed by atoms with Crippen molar-refractivity contribution in [3.05, 3.63) is 29.8 Å². The van der Waals surface area contributed by atoms with Gasteiger partial charge in [-0.15, -0.1) is 0 Å². The second-order valence-corrected chi connectivity index (χ2v) is 5.78. The van der Waals surface area contributed by atoms with Gasteiger partial charge in [-0.05, 0) is 36.5 Å². The van der Waals surface area contributed by atoms with Crippen molar-refractivity contribution in [3.63, 3.8) is 0 Å². The van der Waals surface area contributed by atoms with E-state index in [1.165, 1.54) is 0 Å². The summed E-state index contributed by atoms with van der Waals surface area (Å²) in [5, 5.41) is 11.7. The highest BCUT2D eigenvalue weighted by atomic mass is 16.4. The van der Waals surface area contributed by atoms with Gasteiger partial charge in [0.15, 0.2) is 0 Å². The summed E-state index contributed by atoms with van der Waals surface area (Å²) in [6.45, 7) is 4.46. The van der Waals surface area contributed by atoms with Crippen molar-refractivity contribution in [3.8, 4) is 0 Å². The zero-order valence-corrected chi connectivity index (χ0v) is 12.5. The Balaban J connectivity index is 2.01. The third-order valence-electron chi connectivity index (χ3n) is 3.62. The zero-order chi connectivity index (χ0) is 15.4. The molecule has 0 aromatic heterocycles. The van der Waals surface area contributed by atoms with Crippen molar-refractivity contribution in [1.29, 1.82) is 0 Å². The molecule has 0 radical (unpaired) electrons. The minimum atomic E-state index is -0.879. The van der Waals surface area contributed by atoms with Gasteiger partial charge in [0, 0.05) is 18.3 Å². The van der Waals surface area contributed by atoms with E-state index in [1.807, 2.05) is 24.3 Å². The fourth-order valence-corrected chi connectivity index (χ4v) is 2.22. The molecule has 1 aromatic carbocycles. The average Bonchev–Trinajstić information content (AvgIpc) is 3.23. The van der Waals surface area contributed by atoms with Crippen LogP contribution >= 0.6 is 0 Å². The average molecular weight is 290 g/mol. The number of urea groups is 1. The van der Waals surface area contributed by atoms with Crippen molar-refractivity contribution >= 4 is 17.7 Å². The molecule has 2 N–H and O–H groups in total. The van der Waals surface area contributed by atoms with E-state index in [-0.39, 0.29) is 25.0 Å². The number of rotatable bonds is 6. The Kier molecular flexibility index (Phi) is 4.83. The number of nitrogens with one attached hydrogen (secondary N) is 1. The largest absolute Gasteiger partial charge is 0.481 e. The Morgan fingerprint density at radius 2 is 2.10 bits per heavy atom. The van der Waals surface area contributed by atoms with E-state index in [2.05, 4.69) is 19.2 Å². The van der Waals surface area contributed by atoms with Crippen LogP contribution in [0.3, 0.4) is 0 Å². The number of anilines is 1. The van der Waals surface area contributed by atoms with Gasteiger partial charge in [-0.3, -0.25) is 4.79 Å². The summed E-state index contributed by atoms with van der Waals surface area (Å²) in [6, 6.07) is 7.75. The number of carboxylic acids is 1. The molecule has 114 valence electrons. The topological polar surface area (TPSA) is 69.6 Å². The lowest BCUT2D eigenvalue weighted by Gasteiger charge is -2.22. The Bertz CT molecular complexity index is 524. The third-order valence-corrected chi connectivity index (χ3v) is 3.62. The molecule has 1 aromatic rings. The Morgan fingerprint density at radius 1 is 1.38 bits per heavy atom. The Hall–Kier alpha value is -2.04. The van der Waals surface area contributed by atoms with Gasteiger partial charge >= 0.3 is 12.0 Å². The predicted molar refractivity (Wildman–Crippen MR) is 81.5 cm³/mol. The van der Waals surface area contributed by atoms with Gasteiger partial charge in [0.25, 0.3) is 0 Å². The third kappa shape index (κ3) is 4.48. The van der Waals surface area contributed by atoms with Gasteiger partial charge in [0.2, 0.25) is 0 Å². The summed E-state index contributed by atoms with van der Waals surface area (Å²) in [5.74, 6) is -0.483. The van der Waals surface area contributed by atoms with Crippen molar-refractivity contribution in [1.82, 2.24) is 4.90 Å². The number of aliphatic carboxylic acids is 1. The molecule has 0 atom stereocenters.